The monoisotopic (exact) mass is 480 g/mol. The summed E-state index contributed by atoms with van der Waals surface area (Å²) in [4.78, 5) is 39.7. The molecule has 2 heterocycles. The lowest BCUT2D eigenvalue weighted by molar-refractivity contribution is -0.384. The minimum atomic E-state index is -0.480. The zero-order valence-corrected chi connectivity index (χ0v) is 19.1. The molecule has 1 saturated heterocycles. The van der Waals surface area contributed by atoms with Crippen molar-refractivity contribution in [3.8, 4) is 5.69 Å². The Kier molecular flexibility index (Phi) is 6.17. The highest BCUT2D eigenvalue weighted by Gasteiger charge is 2.25. The predicted octanol–water partition coefficient (Wildman–Crippen LogP) is 5.06. The Bertz CT molecular complexity index is 1340. The molecule has 1 N–H and O–H groups in total. The van der Waals surface area contributed by atoms with E-state index in [0.717, 1.165) is 34.4 Å². The maximum absolute atomic E-state index is 12.4. The molecule has 0 radical (unpaired) electrons. The molecule has 0 unspecified atom stereocenters. The molecule has 1 aliphatic heterocycles. The number of aryl methyl sites for hydroxylation is 1. The number of hydrogen-bond donors (Lipinski definition) is 1. The van der Waals surface area contributed by atoms with Gasteiger partial charge in [0.05, 0.1) is 9.83 Å². The Hall–Kier alpha value is -3.69. The van der Waals surface area contributed by atoms with Crippen molar-refractivity contribution in [3.63, 3.8) is 0 Å². The molecule has 10 heteroatoms. The van der Waals surface area contributed by atoms with Crippen LogP contribution >= 0.6 is 23.4 Å². The number of nitrogens with one attached hydrogen (secondary N) is 1. The maximum atomic E-state index is 12.4. The van der Waals surface area contributed by atoms with Gasteiger partial charge >= 0.3 is 0 Å². The van der Waals surface area contributed by atoms with Crippen molar-refractivity contribution in [1.29, 1.82) is 0 Å². The SMILES string of the molecule is Cc1cc(/C=C2\SC(=NC(=O)c3ccc(Cl)cc3)NC2=O)c(C)n1-c1ccc([N+](=O)[O-])cc1. The van der Waals surface area contributed by atoms with E-state index in [1.807, 2.05) is 24.5 Å². The molecule has 1 fully saturated rings. The number of hydrogen-bond acceptors (Lipinski definition) is 5. The largest absolute Gasteiger partial charge is 0.318 e. The molecule has 0 bridgehead atoms. The van der Waals surface area contributed by atoms with E-state index in [9.17, 15) is 19.7 Å². The number of nitro benzene ring substituents is 1. The van der Waals surface area contributed by atoms with Crippen LogP contribution in [0.3, 0.4) is 0 Å². The van der Waals surface area contributed by atoms with Crippen LogP contribution in [0.1, 0.15) is 27.3 Å². The molecular weight excluding hydrogens is 464 g/mol. The summed E-state index contributed by atoms with van der Waals surface area (Å²) >= 11 is 6.93. The van der Waals surface area contributed by atoms with Gasteiger partial charge in [-0.15, -0.1) is 0 Å². The van der Waals surface area contributed by atoms with Crippen molar-refractivity contribution in [3.05, 3.63) is 97.2 Å². The van der Waals surface area contributed by atoms with Gasteiger partial charge in [0.2, 0.25) is 0 Å². The highest BCUT2D eigenvalue weighted by molar-refractivity contribution is 8.18. The van der Waals surface area contributed by atoms with Crippen LogP contribution in [0.2, 0.25) is 5.02 Å². The zero-order chi connectivity index (χ0) is 23.7. The highest BCUT2D eigenvalue weighted by atomic mass is 35.5. The second-order valence-electron chi connectivity index (χ2n) is 7.23. The van der Waals surface area contributed by atoms with Gasteiger partial charge in [0, 0.05) is 39.8 Å². The van der Waals surface area contributed by atoms with Crippen LogP contribution in [0.4, 0.5) is 5.69 Å². The third-order valence-electron chi connectivity index (χ3n) is 5.02. The van der Waals surface area contributed by atoms with Crippen LogP contribution in [0, 0.1) is 24.0 Å². The second kappa shape index (κ2) is 9.05. The molecule has 8 nitrogen and oxygen atoms in total. The van der Waals surface area contributed by atoms with Gasteiger partial charge in [-0.25, -0.2) is 0 Å². The van der Waals surface area contributed by atoms with Crippen LogP contribution < -0.4 is 5.32 Å². The van der Waals surface area contributed by atoms with E-state index >= 15 is 0 Å². The summed E-state index contributed by atoms with van der Waals surface area (Å²) < 4.78 is 1.95. The van der Waals surface area contributed by atoms with E-state index in [1.54, 1.807) is 42.5 Å². The summed E-state index contributed by atoms with van der Waals surface area (Å²) in [7, 11) is 0. The van der Waals surface area contributed by atoms with Gasteiger partial charge in [-0.3, -0.25) is 19.7 Å². The molecule has 2 amide bonds. The molecule has 33 heavy (non-hydrogen) atoms. The fourth-order valence-electron chi connectivity index (χ4n) is 3.43. The van der Waals surface area contributed by atoms with Crippen LogP contribution in [-0.4, -0.2) is 26.5 Å². The Labute approximate surface area is 198 Å². The van der Waals surface area contributed by atoms with E-state index in [1.165, 1.54) is 12.1 Å². The number of carbonyl (C=O) groups excluding carboxylic acids is 2. The number of benzene rings is 2. The standard InChI is InChI=1S/C23H17ClN4O4S/c1-13-11-16(14(2)27(13)18-7-9-19(10-8-18)28(31)32)12-20-22(30)26-23(33-20)25-21(29)15-3-5-17(24)6-4-15/h3-12H,1-2H3,(H,25,26,29,30)/b20-12-. The lowest BCUT2D eigenvalue weighted by atomic mass is 10.2. The van der Waals surface area contributed by atoms with Crippen molar-refractivity contribution in [2.45, 2.75) is 13.8 Å². The molecule has 0 saturated carbocycles. The van der Waals surface area contributed by atoms with Crippen LogP contribution in [0.25, 0.3) is 11.8 Å². The van der Waals surface area contributed by atoms with E-state index in [-0.39, 0.29) is 16.8 Å². The van der Waals surface area contributed by atoms with Gasteiger partial charge in [0.25, 0.3) is 17.5 Å². The van der Waals surface area contributed by atoms with Crippen LogP contribution in [-0.2, 0) is 4.79 Å². The quantitative estimate of drug-likeness (QED) is 0.319. The number of aliphatic imine (C=N–C) groups is 1. The number of amides is 2. The summed E-state index contributed by atoms with van der Waals surface area (Å²) in [6.45, 7) is 3.81. The molecule has 0 atom stereocenters. The second-order valence-corrected chi connectivity index (χ2v) is 8.70. The van der Waals surface area contributed by atoms with Crippen molar-refractivity contribution < 1.29 is 14.5 Å². The fraction of sp³-hybridized carbons (Fsp3) is 0.0870. The Balaban J connectivity index is 1.58. The average Bonchev–Trinajstić information content (AvgIpc) is 3.26. The number of aromatic nitrogens is 1. The van der Waals surface area contributed by atoms with Gasteiger partial charge < -0.3 is 9.88 Å². The topological polar surface area (TPSA) is 107 Å². The Morgan fingerprint density at radius 1 is 1.15 bits per heavy atom. The molecule has 0 aliphatic carbocycles. The molecule has 1 aromatic heterocycles. The van der Waals surface area contributed by atoms with E-state index in [2.05, 4.69) is 10.3 Å². The number of non-ortho nitro benzene ring substituents is 1. The summed E-state index contributed by atoms with van der Waals surface area (Å²) in [6.07, 6.45) is 1.74. The lowest BCUT2D eigenvalue weighted by Gasteiger charge is -2.09. The number of thioether (sulfide) groups is 1. The number of carbonyl (C=O) groups is 2. The molecule has 1 aliphatic rings. The normalized spacial score (nSPS) is 15.8. The molecule has 3 aromatic rings. The first-order valence-electron chi connectivity index (χ1n) is 9.76. The number of nitrogens with zero attached hydrogens (tertiary/aromatic N) is 3. The lowest BCUT2D eigenvalue weighted by Crippen LogP contribution is -2.20. The number of rotatable bonds is 4. The summed E-state index contributed by atoms with van der Waals surface area (Å²) in [5, 5.41) is 14.2. The molecule has 166 valence electrons. The van der Waals surface area contributed by atoms with E-state index in [4.69, 9.17) is 11.6 Å². The first-order valence-corrected chi connectivity index (χ1v) is 11.0. The Morgan fingerprint density at radius 3 is 2.45 bits per heavy atom. The Morgan fingerprint density at radius 2 is 1.82 bits per heavy atom. The van der Waals surface area contributed by atoms with Crippen molar-refractivity contribution in [1.82, 2.24) is 9.88 Å². The summed E-state index contributed by atoms with van der Waals surface area (Å²) in [5.41, 5.74) is 3.75. The molecule has 4 rings (SSSR count). The average molecular weight is 481 g/mol. The van der Waals surface area contributed by atoms with E-state index in [0.29, 0.717) is 15.5 Å². The van der Waals surface area contributed by atoms with Crippen molar-refractivity contribution in [2.24, 2.45) is 4.99 Å². The number of amidine groups is 1. The minimum absolute atomic E-state index is 0.0162. The summed E-state index contributed by atoms with van der Waals surface area (Å²) in [5.74, 6) is -0.824. The summed E-state index contributed by atoms with van der Waals surface area (Å²) in [6, 6.07) is 14.5. The molecule has 0 spiro atoms. The molecular formula is C23H17ClN4O4S. The maximum Gasteiger partial charge on any atom is 0.279 e. The van der Waals surface area contributed by atoms with Crippen LogP contribution in [0.5, 0.6) is 0 Å². The fourth-order valence-corrected chi connectivity index (χ4v) is 4.36. The zero-order valence-electron chi connectivity index (χ0n) is 17.5. The number of halogens is 1. The smallest absolute Gasteiger partial charge is 0.279 e. The van der Waals surface area contributed by atoms with Gasteiger partial charge in [-0.2, -0.15) is 4.99 Å². The van der Waals surface area contributed by atoms with Gasteiger partial charge in [0.15, 0.2) is 5.17 Å². The van der Waals surface area contributed by atoms with Crippen molar-refractivity contribution in [2.75, 3.05) is 0 Å². The molecule has 2 aromatic carbocycles. The van der Waals surface area contributed by atoms with Gasteiger partial charge in [-0.05, 0) is 79.7 Å². The number of nitro groups is 1. The minimum Gasteiger partial charge on any atom is -0.318 e. The van der Waals surface area contributed by atoms with Gasteiger partial charge in [-0.1, -0.05) is 11.6 Å². The first-order chi connectivity index (χ1) is 15.7. The first kappa shape index (κ1) is 22.5. The van der Waals surface area contributed by atoms with Gasteiger partial charge in [0.1, 0.15) is 0 Å². The third kappa shape index (κ3) is 4.74. The highest BCUT2D eigenvalue weighted by Crippen LogP contribution is 2.30. The van der Waals surface area contributed by atoms with E-state index < -0.39 is 10.8 Å². The van der Waals surface area contributed by atoms with Crippen LogP contribution in [0.15, 0.2) is 64.5 Å². The third-order valence-corrected chi connectivity index (χ3v) is 6.18. The predicted molar refractivity (Wildman–Crippen MR) is 129 cm³/mol. The van der Waals surface area contributed by atoms with Crippen molar-refractivity contribution >= 4 is 52.1 Å².